The third-order valence-corrected chi connectivity index (χ3v) is 3.56. The molecule has 2 aromatic rings. The van der Waals surface area contributed by atoms with E-state index in [-0.39, 0.29) is 0 Å². The summed E-state index contributed by atoms with van der Waals surface area (Å²) < 4.78 is 2.08. The Morgan fingerprint density at radius 1 is 1.26 bits per heavy atom. The number of hydrogen-bond acceptors (Lipinski definition) is 4. The largest absolute Gasteiger partial charge is 0.401 e. The molecule has 0 aliphatic carbocycles. The van der Waals surface area contributed by atoms with Crippen molar-refractivity contribution in [1.29, 1.82) is 0 Å². The number of para-hydroxylation sites is 2. The van der Waals surface area contributed by atoms with Crippen LogP contribution in [0.1, 0.15) is 18.3 Å². The molecule has 1 aliphatic rings. The van der Waals surface area contributed by atoms with Gasteiger partial charge in [0.25, 0.3) is 0 Å². The first-order valence-electron chi connectivity index (χ1n) is 6.22. The molecule has 19 heavy (non-hydrogen) atoms. The van der Waals surface area contributed by atoms with Crippen molar-refractivity contribution in [2.45, 2.75) is 20.3 Å². The molecule has 0 radical (unpaired) electrons. The standard InChI is InChI=1S/C14H17N5/c1-9(15)13-7-14-10(2)17-8-18(14)11-5-3-4-6-12(11)19(13)16/h3-6,8H,7,15-16H2,1-2H3/b13-9-. The van der Waals surface area contributed by atoms with Crippen LogP contribution in [-0.4, -0.2) is 9.55 Å². The Kier molecular flexibility index (Phi) is 2.57. The van der Waals surface area contributed by atoms with Crippen LogP contribution in [0.15, 0.2) is 42.0 Å². The monoisotopic (exact) mass is 255 g/mol. The second-order valence-electron chi connectivity index (χ2n) is 4.81. The molecule has 0 spiro atoms. The van der Waals surface area contributed by atoms with Crippen LogP contribution in [0, 0.1) is 6.92 Å². The summed E-state index contributed by atoms with van der Waals surface area (Å²) in [6, 6.07) is 7.99. The molecule has 5 heteroatoms. The molecule has 0 saturated heterocycles. The first-order chi connectivity index (χ1) is 9.09. The van der Waals surface area contributed by atoms with E-state index < -0.39 is 0 Å². The highest BCUT2D eigenvalue weighted by molar-refractivity contribution is 5.67. The lowest BCUT2D eigenvalue weighted by Crippen LogP contribution is -2.32. The zero-order valence-corrected chi connectivity index (χ0v) is 11.1. The fourth-order valence-corrected chi connectivity index (χ4v) is 2.47. The van der Waals surface area contributed by atoms with Gasteiger partial charge in [0, 0.05) is 12.1 Å². The highest BCUT2D eigenvalue weighted by Crippen LogP contribution is 2.32. The predicted octanol–water partition coefficient (Wildman–Crippen LogP) is 1.61. The maximum absolute atomic E-state index is 6.24. The molecule has 2 heterocycles. The number of allylic oxidation sites excluding steroid dienone is 2. The van der Waals surface area contributed by atoms with Gasteiger partial charge in [0.1, 0.15) is 0 Å². The van der Waals surface area contributed by atoms with Crippen molar-refractivity contribution in [3.8, 4) is 5.69 Å². The highest BCUT2D eigenvalue weighted by atomic mass is 15.4. The van der Waals surface area contributed by atoms with Crippen LogP contribution in [0.4, 0.5) is 5.69 Å². The Bertz CT molecular complexity index is 664. The maximum atomic E-state index is 6.24. The van der Waals surface area contributed by atoms with Crippen molar-refractivity contribution >= 4 is 5.69 Å². The van der Waals surface area contributed by atoms with Gasteiger partial charge < -0.3 is 10.3 Å². The quantitative estimate of drug-likeness (QED) is 0.701. The molecule has 3 rings (SSSR count). The van der Waals surface area contributed by atoms with Gasteiger partial charge >= 0.3 is 0 Å². The Morgan fingerprint density at radius 2 is 1.95 bits per heavy atom. The average Bonchev–Trinajstić information content (AvgIpc) is 2.69. The Hall–Kier alpha value is -2.27. The van der Waals surface area contributed by atoms with E-state index in [0.717, 1.165) is 34.2 Å². The molecule has 5 nitrogen and oxygen atoms in total. The fourth-order valence-electron chi connectivity index (χ4n) is 2.47. The summed E-state index contributed by atoms with van der Waals surface area (Å²) in [6.45, 7) is 3.88. The van der Waals surface area contributed by atoms with Crippen molar-refractivity contribution in [2.75, 3.05) is 5.01 Å². The number of hydrazine groups is 1. The summed E-state index contributed by atoms with van der Waals surface area (Å²) in [7, 11) is 0. The highest BCUT2D eigenvalue weighted by Gasteiger charge is 2.23. The molecule has 1 aromatic carbocycles. The molecular formula is C14H17N5. The van der Waals surface area contributed by atoms with Crippen LogP contribution >= 0.6 is 0 Å². The van der Waals surface area contributed by atoms with Gasteiger partial charge in [-0.05, 0) is 26.0 Å². The minimum atomic E-state index is 0.680. The van der Waals surface area contributed by atoms with E-state index in [2.05, 4.69) is 9.55 Å². The van der Waals surface area contributed by atoms with E-state index in [1.54, 1.807) is 5.01 Å². The molecule has 1 aliphatic heterocycles. The minimum absolute atomic E-state index is 0.680. The SMILES string of the molecule is C/C(N)=C1\Cc2c(C)ncn2-c2ccccc2N1N. The smallest absolute Gasteiger partial charge is 0.0998 e. The third kappa shape index (κ3) is 1.70. The van der Waals surface area contributed by atoms with Crippen LogP contribution in [0.25, 0.3) is 5.69 Å². The van der Waals surface area contributed by atoms with Crippen LogP contribution < -0.4 is 16.6 Å². The average molecular weight is 255 g/mol. The number of fused-ring (bicyclic) bond motifs is 3. The lowest BCUT2D eigenvalue weighted by molar-refractivity contribution is 0.894. The lowest BCUT2D eigenvalue weighted by Gasteiger charge is -2.22. The van der Waals surface area contributed by atoms with Crippen LogP contribution in [-0.2, 0) is 6.42 Å². The maximum Gasteiger partial charge on any atom is 0.0998 e. The number of benzene rings is 1. The normalized spacial score (nSPS) is 16.7. The van der Waals surface area contributed by atoms with Crippen molar-refractivity contribution < 1.29 is 0 Å². The second-order valence-corrected chi connectivity index (χ2v) is 4.81. The Morgan fingerprint density at radius 3 is 2.63 bits per heavy atom. The number of aryl methyl sites for hydroxylation is 1. The predicted molar refractivity (Wildman–Crippen MR) is 75.6 cm³/mol. The Labute approximate surface area is 112 Å². The zero-order valence-electron chi connectivity index (χ0n) is 11.1. The van der Waals surface area contributed by atoms with Gasteiger partial charge in [-0.1, -0.05) is 12.1 Å². The molecular weight excluding hydrogens is 238 g/mol. The van der Waals surface area contributed by atoms with Crippen LogP contribution in [0.3, 0.4) is 0 Å². The zero-order chi connectivity index (χ0) is 13.6. The number of rotatable bonds is 0. The van der Waals surface area contributed by atoms with Crippen molar-refractivity contribution in [3.63, 3.8) is 0 Å². The topological polar surface area (TPSA) is 73.1 Å². The summed E-state index contributed by atoms with van der Waals surface area (Å²) >= 11 is 0. The first-order valence-corrected chi connectivity index (χ1v) is 6.22. The molecule has 0 fully saturated rings. The van der Waals surface area contributed by atoms with E-state index in [0.29, 0.717) is 6.42 Å². The summed E-state index contributed by atoms with van der Waals surface area (Å²) in [5.74, 6) is 6.24. The molecule has 4 N–H and O–H groups in total. The van der Waals surface area contributed by atoms with Crippen molar-refractivity contribution in [2.24, 2.45) is 11.6 Å². The molecule has 98 valence electrons. The van der Waals surface area contributed by atoms with Crippen molar-refractivity contribution in [1.82, 2.24) is 9.55 Å². The summed E-state index contributed by atoms with van der Waals surface area (Å²) in [5.41, 5.74) is 11.7. The number of aromatic nitrogens is 2. The molecule has 0 unspecified atom stereocenters. The van der Waals surface area contributed by atoms with Gasteiger partial charge in [-0.2, -0.15) is 0 Å². The molecule has 0 saturated carbocycles. The number of hydrogen-bond donors (Lipinski definition) is 2. The van der Waals surface area contributed by atoms with E-state index in [1.165, 1.54) is 0 Å². The first kappa shape index (κ1) is 11.8. The number of imidazole rings is 1. The number of anilines is 1. The van der Waals surface area contributed by atoms with E-state index in [4.69, 9.17) is 11.6 Å². The number of nitrogens with zero attached hydrogens (tertiary/aromatic N) is 3. The van der Waals surface area contributed by atoms with Gasteiger partial charge in [-0.3, -0.25) is 5.01 Å². The van der Waals surface area contributed by atoms with Crippen LogP contribution in [0.5, 0.6) is 0 Å². The number of nitrogens with two attached hydrogens (primary N) is 2. The van der Waals surface area contributed by atoms with Crippen LogP contribution in [0.2, 0.25) is 0 Å². The molecule has 0 bridgehead atoms. The van der Waals surface area contributed by atoms with Gasteiger partial charge in [-0.15, -0.1) is 0 Å². The minimum Gasteiger partial charge on any atom is -0.401 e. The summed E-state index contributed by atoms with van der Waals surface area (Å²) in [5, 5.41) is 1.68. The molecule has 1 aromatic heterocycles. The van der Waals surface area contributed by atoms with Crippen molar-refractivity contribution in [3.05, 3.63) is 53.4 Å². The molecule has 0 amide bonds. The lowest BCUT2D eigenvalue weighted by atomic mass is 10.2. The van der Waals surface area contributed by atoms with Gasteiger partial charge in [0.15, 0.2) is 0 Å². The third-order valence-electron chi connectivity index (χ3n) is 3.56. The van der Waals surface area contributed by atoms with Gasteiger partial charge in [-0.25, -0.2) is 10.8 Å². The molecule has 0 atom stereocenters. The summed E-state index contributed by atoms with van der Waals surface area (Å²) in [6.07, 6.45) is 2.52. The fraction of sp³-hybridized carbons (Fsp3) is 0.214. The summed E-state index contributed by atoms with van der Waals surface area (Å²) in [4.78, 5) is 4.40. The van der Waals surface area contributed by atoms with E-state index in [1.807, 2.05) is 44.4 Å². The Balaban J connectivity index is 2.34. The second kappa shape index (κ2) is 4.13. The van der Waals surface area contributed by atoms with Gasteiger partial charge in [0.2, 0.25) is 0 Å². The van der Waals surface area contributed by atoms with E-state index >= 15 is 0 Å². The van der Waals surface area contributed by atoms with E-state index in [9.17, 15) is 0 Å². The van der Waals surface area contributed by atoms with Gasteiger partial charge in [0.05, 0.1) is 34.8 Å².